The summed E-state index contributed by atoms with van der Waals surface area (Å²) in [6.07, 6.45) is 0. The van der Waals surface area contributed by atoms with Crippen molar-refractivity contribution in [2.24, 2.45) is 0 Å². The number of amides is 2. The average Bonchev–Trinajstić information content (AvgIpc) is 2.42. The first-order chi connectivity index (χ1) is 9.54. The molecular formula is C14H15ClN2O3. The summed E-state index contributed by atoms with van der Waals surface area (Å²) in [5.41, 5.74) is 1.57. The van der Waals surface area contributed by atoms with Crippen molar-refractivity contribution in [1.29, 1.82) is 0 Å². The van der Waals surface area contributed by atoms with Gasteiger partial charge in [0.1, 0.15) is 5.70 Å². The van der Waals surface area contributed by atoms with Crippen LogP contribution in [0, 0.1) is 0 Å². The van der Waals surface area contributed by atoms with Crippen LogP contribution in [-0.2, 0) is 9.53 Å². The zero-order chi connectivity index (χ0) is 14.7. The fraction of sp³-hybridized carbons (Fsp3) is 0.286. The Balaban J connectivity index is 2.43. The lowest BCUT2D eigenvalue weighted by molar-refractivity contribution is -0.139. The van der Waals surface area contributed by atoms with Crippen LogP contribution in [0.4, 0.5) is 4.79 Å². The van der Waals surface area contributed by atoms with E-state index in [0.717, 1.165) is 5.56 Å². The van der Waals surface area contributed by atoms with E-state index in [1.165, 1.54) is 0 Å². The number of hydrogen-bond donors (Lipinski definition) is 2. The summed E-state index contributed by atoms with van der Waals surface area (Å²) in [6, 6.07) is 6.28. The molecule has 2 amide bonds. The number of hydrogen-bond acceptors (Lipinski definition) is 3. The standard InChI is InChI=1S/C14H15ClN2O3/c1-3-20-13(18)12-8(2)11(16-14(19)17-12)9-6-4-5-7-10(9)15/h4-7,11H,3H2,1-2H3,(H2,16,17,19)/t11-/m0/s1. The molecule has 0 saturated heterocycles. The number of nitrogens with one attached hydrogen (secondary N) is 2. The van der Waals surface area contributed by atoms with Crippen molar-refractivity contribution in [3.63, 3.8) is 0 Å². The first-order valence-electron chi connectivity index (χ1n) is 6.24. The highest BCUT2D eigenvalue weighted by atomic mass is 35.5. The molecule has 1 aromatic carbocycles. The summed E-state index contributed by atoms with van der Waals surface area (Å²) in [4.78, 5) is 23.6. The molecule has 1 aromatic rings. The molecule has 0 saturated carbocycles. The summed E-state index contributed by atoms with van der Waals surface area (Å²) >= 11 is 6.15. The van der Waals surface area contributed by atoms with Crippen molar-refractivity contribution in [2.45, 2.75) is 19.9 Å². The second kappa shape index (κ2) is 5.96. The average molecular weight is 295 g/mol. The molecule has 0 fully saturated rings. The van der Waals surface area contributed by atoms with Crippen LogP contribution >= 0.6 is 11.6 Å². The monoisotopic (exact) mass is 294 g/mol. The van der Waals surface area contributed by atoms with Gasteiger partial charge in [-0.1, -0.05) is 29.8 Å². The van der Waals surface area contributed by atoms with Crippen LogP contribution in [-0.4, -0.2) is 18.6 Å². The van der Waals surface area contributed by atoms with E-state index in [1.54, 1.807) is 26.0 Å². The van der Waals surface area contributed by atoms with E-state index in [-0.39, 0.29) is 12.3 Å². The van der Waals surface area contributed by atoms with Crippen molar-refractivity contribution in [3.8, 4) is 0 Å². The Morgan fingerprint density at radius 1 is 1.40 bits per heavy atom. The Hall–Kier alpha value is -2.01. The molecule has 1 atom stereocenters. The number of urea groups is 1. The van der Waals surface area contributed by atoms with Gasteiger partial charge in [0.15, 0.2) is 0 Å². The summed E-state index contributed by atoms with van der Waals surface area (Å²) in [5.74, 6) is -0.545. The lowest BCUT2D eigenvalue weighted by atomic mass is 9.96. The smallest absolute Gasteiger partial charge is 0.354 e. The van der Waals surface area contributed by atoms with E-state index >= 15 is 0 Å². The van der Waals surface area contributed by atoms with Crippen LogP contribution < -0.4 is 10.6 Å². The van der Waals surface area contributed by atoms with E-state index in [9.17, 15) is 9.59 Å². The van der Waals surface area contributed by atoms with Gasteiger partial charge in [0, 0.05) is 5.02 Å². The van der Waals surface area contributed by atoms with Crippen molar-refractivity contribution in [3.05, 3.63) is 46.1 Å². The van der Waals surface area contributed by atoms with Crippen molar-refractivity contribution in [2.75, 3.05) is 6.61 Å². The number of rotatable bonds is 3. The van der Waals surface area contributed by atoms with E-state index < -0.39 is 18.0 Å². The minimum atomic E-state index is -0.545. The number of ether oxygens (including phenoxy) is 1. The van der Waals surface area contributed by atoms with Gasteiger partial charge >= 0.3 is 12.0 Å². The molecule has 1 heterocycles. The van der Waals surface area contributed by atoms with Gasteiger partial charge in [-0.3, -0.25) is 0 Å². The molecule has 0 bridgehead atoms. The van der Waals surface area contributed by atoms with Gasteiger partial charge in [0.05, 0.1) is 12.6 Å². The molecule has 6 heteroatoms. The fourth-order valence-corrected chi connectivity index (χ4v) is 2.31. The summed E-state index contributed by atoms with van der Waals surface area (Å²) < 4.78 is 4.94. The van der Waals surface area contributed by atoms with Crippen LogP contribution in [0.2, 0.25) is 5.02 Å². The molecule has 106 valence electrons. The molecule has 0 spiro atoms. The molecule has 0 aromatic heterocycles. The SMILES string of the molecule is CCOC(=O)C1=C(C)[C@@H](c2ccccc2Cl)NC(=O)N1. The minimum Gasteiger partial charge on any atom is -0.461 e. The quantitative estimate of drug-likeness (QED) is 0.842. The predicted octanol–water partition coefficient (Wildman–Crippen LogP) is 2.53. The van der Waals surface area contributed by atoms with Crippen LogP contribution in [0.15, 0.2) is 35.5 Å². The van der Waals surface area contributed by atoms with Gasteiger partial charge < -0.3 is 15.4 Å². The number of carbonyl (C=O) groups is 2. The van der Waals surface area contributed by atoms with Crippen LogP contribution in [0.25, 0.3) is 0 Å². The normalized spacial score (nSPS) is 18.4. The zero-order valence-corrected chi connectivity index (χ0v) is 12.0. The minimum absolute atomic E-state index is 0.167. The number of carbonyl (C=O) groups excluding carboxylic acids is 2. The lowest BCUT2D eigenvalue weighted by Crippen LogP contribution is -2.45. The third-order valence-corrected chi connectivity index (χ3v) is 3.38. The molecular weight excluding hydrogens is 280 g/mol. The summed E-state index contributed by atoms with van der Waals surface area (Å²) in [6.45, 7) is 3.71. The summed E-state index contributed by atoms with van der Waals surface area (Å²) in [5, 5.41) is 5.76. The molecule has 1 aliphatic heterocycles. The molecule has 20 heavy (non-hydrogen) atoms. The highest BCUT2D eigenvalue weighted by molar-refractivity contribution is 6.31. The number of halogens is 1. The highest BCUT2D eigenvalue weighted by Gasteiger charge is 2.30. The number of benzene rings is 1. The van der Waals surface area contributed by atoms with Gasteiger partial charge in [-0.05, 0) is 31.1 Å². The second-order valence-corrected chi connectivity index (χ2v) is 4.74. The maximum absolute atomic E-state index is 11.9. The first kappa shape index (κ1) is 14.4. The Kier molecular flexibility index (Phi) is 4.29. The third kappa shape index (κ3) is 2.77. The van der Waals surface area contributed by atoms with Crippen molar-refractivity contribution < 1.29 is 14.3 Å². The Bertz CT molecular complexity index is 584. The molecule has 0 aliphatic carbocycles. The highest BCUT2D eigenvalue weighted by Crippen LogP contribution is 2.31. The molecule has 2 rings (SSSR count). The fourth-order valence-electron chi connectivity index (χ4n) is 2.07. The summed E-state index contributed by atoms with van der Waals surface area (Å²) in [7, 11) is 0. The molecule has 0 unspecified atom stereocenters. The Morgan fingerprint density at radius 3 is 2.75 bits per heavy atom. The zero-order valence-electron chi connectivity index (χ0n) is 11.2. The van der Waals surface area contributed by atoms with Crippen LogP contribution in [0.3, 0.4) is 0 Å². The Labute approximate surface area is 121 Å². The van der Waals surface area contributed by atoms with E-state index in [0.29, 0.717) is 10.6 Å². The topological polar surface area (TPSA) is 67.4 Å². The van der Waals surface area contributed by atoms with Crippen molar-refractivity contribution in [1.82, 2.24) is 10.6 Å². The molecule has 5 nitrogen and oxygen atoms in total. The molecule has 2 N–H and O–H groups in total. The van der Waals surface area contributed by atoms with Gasteiger partial charge in [0.2, 0.25) is 0 Å². The Morgan fingerprint density at radius 2 is 2.10 bits per heavy atom. The predicted molar refractivity (Wildman–Crippen MR) is 75.2 cm³/mol. The van der Waals surface area contributed by atoms with Crippen LogP contribution in [0.1, 0.15) is 25.5 Å². The third-order valence-electron chi connectivity index (χ3n) is 3.04. The van der Waals surface area contributed by atoms with Crippen LogP contribution in [0.5, 0.6) is 0 Å². The van der Waals surface area contributed by atoms with E-state index in [2.05, 4.69) is 10.6 Å². The first-order valence-corrected chi connectivity index (χ1v) is 6.62. The van der Waals surface area contributed by atoms with Gasteiger partial charge in [-0.2, -0.15) is 0 Å². The second-order valence-electron chi connectivity index (χ2n) is 4.33. The molecule has 0 radical (unpaired) electrons. The number of esters is 1. The van der Waals surface area contributed by atoms with Gasteiger partial charge in [0.25, 0.3) is 0 Å². The maximum atomic E-state index is 11.9. The maximum Gasteiger partial charge on any atom is 0.354 e. The van der Waals surface area contributed by atoms with Gasteiger partial charge in [-0.15, -0.1) is 0 Å². The largest absolute Gasteiger partial charge is 0.461 e. The van der Waals surface area contributed by atoms with Gasteiger partial charge in [-0.25, -0.2) is 9.59 Å². The lowest BCUT2D eigenvalue weighted by Gasteiger charge is -2.28. The molecule has 1 aliphatic rings. The van der Waals surface area contributed by atoms with E-state index in [1.807, 2.05) is 12.1 Å². The van der Waals surface area contributed by atoms with Crippen molar-refractivity contribution >= 4 is 23.6 Å². The van der Waals surface area contributed by atoms with E-state index in [4.69, 9.17) is 16.3 Å².